The van der Waals surface area contributed by atoms with Gasteiger partial charge in [0.15, 0.2) is 0 Å². The van der Waals surface area contributed by atoms with Gasteiger partial charge in [-0.15, -0.1) is 0 Å². The molecule has 2 aromatic rings. The smallest absolute Gasteiger partial charge is 0.207 e. The number of nitrogens with zero attached hydrogens (tertiary/aromatic N) is 1. The Morgan fingerprint density at radius 2 is 1.69 bits per heavy atom. The normalized spacial score (nSPS) is 22.5. The van der Waals surface area contributed by atoms with Gasteiger partial charge < -0.3 is 0 Å². The molecule has 5 heteroatoms. The van der Waals surface area contributed by atoms with Gasteiger partial charge in [-0.1, -0.05) is 50.1 Å². The topological polar surface area (TPSA) is 37.4 Å². The Morgan fingerprint density at radius 3 is 2.27 bits per heavy atom. The molecule has 3 rings (SSSR count). The summed E-state index contributed by atoms with van der Waals surface area (Å²) in [6.07, 6.45) is 2.49. The summed E-state index contributed by atoms with van der Waals surface area (Å²) < 4.78 is 42.0. The summed E-state index contributed by atoms with van der Waals surface area (Å²) in [6.45, 7) is 6.14. The van der Waals surface area contributed by atoms with Crippen molar-refractivity contribution in [3.05, 3.63) is 65.5 Å². The predicted molar refractivity (Wildman–Crippen MR) is 102 cm³/mol. The van der Waals surface area contributed by atoms with Crippen molar-refractivity contribution in [3.63, 3.8) is 0 Å². The SMILES string of the molecule is CCC(C)C1CCC(c2ccc(F)cc2)N1S(=O)(=O)c1ccc(C)cc1. The largest absolute Gasteiger partial charge is 0.243 e. The summed E-state index contributed by atoms with van der Waals surface area (Å²) in [7, 11) is -3.63. The first-order chi connectivity index (χ1) is 12.3. The van der Waals surface area contributed by atoms with Crippen LogP contribution in [0.25, 0.3) is 0 Å². The molecule has 1 aliphatic heterocycles. The van der Waals surface area contributed by atoms with Crippen LogP contribution in [0.4, 0.5) is 4.39 Å². The minimum Gasteiger partial charge on any atom is -0.207 e. The molecule has 0 radical (unpaired) electrons. The fraction of sp³-hybridized carbons (Fsp3) is 0.429. The summed E-state index contributed by atoms with van der Waals surface area (Å²) in [5, 5.41) is 0. The number of sulfonamides is 1. The molecule has 1 heterocycles. The van der Waals surface area contributed by atoms with E-state index in [0.717, 1.165) is 30.4 Å². The van der Waals surface area contributed by atoms with Crippen LogP contribution >= 0.6 is 0 Å². The van der Waals surface area contributed by atoms with Gasteiger partial charge in [0.2, 0.25) is 10.0 Å². The zero-order valence-corrected chi connectivity index (χ0v) is 16.3. The van der Waals surface area contributed by atoms with E-state index in [2.05, 4.69) is 13.8 Å². The molecule has 0 amide bonds. The first kappa shape index (κ1) is 19.1. The summed E-state index contributed by atoms with van der Waals surface area (Å²) in [5.74, 6) is -0.0427. The van der Waals surface area contributed by atoms with Gasteiger partial charge in [0.05, 0.1) is 10.9 Å². The molecule has 0 bridgehead atoms. The monoisotopic (exact) mass is 375 g/mol. The first-order valence-electron chi connectivity index (χ1n) is 9.20. The molecule has 3 unspecified atom stereocenters. The average molecular weight is 376 g/mol. The maximum Gasteiger partial charge on any atom is 0.243 e. The molecule has 1 fully saturated rings. The van der Waals surface area contributed by atoms with E-state index in [0.29, 0.717) is 4.90 Å². The van der Waals surface area contributed by atoms with Crippen LogP contribution in [0, 0.1) is 18.7 Å². The molecule has 0 saturated carbocycles. The molecular weight excluding hydrogens is 349 g/mol. The lowest BCUT2D eigenvalue weighted by molar-refractivity contribution is 0.257. The second kappa shape index (κ2) is 7.49. The van der Waals surface area contributed by atoms with Crippen LogP contribution in [0.15, 0.2) is 53.4 Å². The number of rotatable bonds is 5. The van der Waals surface area contributed by atoms with Crippen LogP contribution in [0.3, 0.4) is 0 Å². The lowest BCUT2D eigenvalue weighted by Crippen LogP contribution is -2.40. The first-order valence-corrected chi connectivity index (χ1v) is 10.6. The highest BCUT2D eigenvalue weighted by Gasteiger charge is 2.44. The maximum absolute atomic E-state index is 13.5. The molecule has 1 aliphatic rings. The van der Waals surface area contributed by atoms with E-state index in [1.165, 1.54) is 12.1 Å². The zero-order valence-electron chi connectivity index (χ0n) is 15.5. The Morgan fingerprint density at radius 1 is 1.08 bits per heavy atom. The Hall–Kier alpha value is -1.72. The maximum atomic E-state index is 13.5. The third-order valence-corrected chi connectivity index (χ3v) is 7.47. The Kier molecular flexibility index (Phi) is 5.49. The van der Waals surface area contributed by atoms with Gasteiger partial charge in [0.1, 0.15) is 5.82 Å². The average Bonchev–Trinajstić information content (AvgIpc) is 3.08. The van der Waals surface area contributed by atoms with Gasteiger partial charge in [-0.25, -0.2) is 12.8 Å². The predicted octanol–water partition coefficient (Wildman–Crippen LogP) is 5.07. The number of aryl methyl sites for hydroxylation is 1. The lowest BCUT2D eigenvalue weighted by atomic mass is 9.98. The summed E-state index contributed by atoms with van der Waals surface area (Å²) in [5.41, 5.74) is 1.88. The minimum absolute atomic E-state index is 0.0404. The van der Waals surface area contributed by atoms with Gasteiger partial charge in [0, 0.05) is 6.04 Å². The number of benzene rings is 2. The van der Waals surface area contributed by atoms with E-state index in [1.807, 2.05) is 19.1 Å². The van der Waals surface area contributed by atoms with E-state index in [4.69, 9.17) is 0 Å². The lowest BCUT2D eigenvalue weighted by Gasteiger charge is -2.32. The molecule has 2 aromatic carbocycles. The van der Waals surface area contributed by atoms with E-state index < -0.39 is 10.0 Å². The third kappa shape index (κ3) is 3.55. The fourth-order valence-electron chi connectivity index (χ4n) is 3.80. The molecule has 1 saturated heterocycles. The highest BCUT2D eigenvalue weighted by Crippen LogP contribution is 2.43. The van der Waals surface area contributed by atoms with Crippen molar-refractivity contribution in [2.75, 3.05) is 0 Å². The molecule has 0 N–H and O–H groups in total. The second-order valence-electron chi connectivity index (χ2n) is 7.25. The zero-order chi connectivity index (χ0) is 18.9. The molecule has 3 atom stereocenters. The summed E-state index contributed by atoms with van der Waals surface area (Å²) >= 11 is 0. The van der Waals surface area contributed by atoms with Crippen LogP contribution in [0.1, 0.15) is 50.3 Å². The van der Waals surface area contributed by atoms with Gasteiger partial charge >= 0.3 is 0 Å². The van der Waals surface area contributed by atoms with Crippen molar-refractivity contribution in [3.8, 4) is 0 Å². The van der Waals surface area contributed by atoms with E-state index >= 15 is 0 Å². The van der Waals surface area contributed by atoms with Crippen molar-refractivity contribution in [2.24, 2.45) is 5.92 Å². The van der Waals surface area contributed by atoms with Crippen LogP contribution in [-0.4, -0.2) is 18.8 Å². The molecule has 26 heavy (non-hydrogen) atoms. The van der Waals surface area contributed by atoms with Gasteiger partial charge in [-0.05, 0) is 55.5 Å². The molecule has 140 valence electrons. The Balaban J connectivity index is 2.06. The van der Waals surface area contributed by atoms with E-state index in [-0.39, 0.29) is 23.8 Å². The van der Waals surface area contributed by atoms with Crippen molar-refractivity contribution >= 4 is 10.0 Å². The van der Waals surface area contributed by atoms with Crippen molar-refractivity contribution in [1.82, 2.24) is 4.31 Å². The van der Waals surface area contributed by atoms with Gasteiger partial charge in [0.25, 0.3) is 0 Å². The highest BCUT2D eigenvalue weighted by atomic mass is 32.2. The summed E-state index contributed by atoms with van der Waals surface area (Å²) in [4.78, 5) is 0.324. The Labute approximate surface area is 155 Å². The Bertz CT molecular complexity index is 847. The number of hydrogen-bond acceptors (Lipinski definition) is 2. The van der Waals surface area contributed by atoms with Gasteiger partial charge in [-0.2, -0.15) is 4.31 Å². The number of hydrogen-bond donors (Lipinski definition) is 0. The third-order valence-electron chi connectivity index (χ3n) is 5.52. The van der Waals surface area contributed by atoms with E-state index in [1.54, 1.807) is 28.6 Å². The summed E-state index contributed by atoms with van der Waals surface area (Å²) in [6, 6.07) is 12.9. The standard InChI is InChI=1S/C21H26FNO2S/c1-4-16(3)20-13-14-21(17-7-9-18(22)10-8-17)23(20)26(24,25)19-11-5-15(2)6-12-19/h5-12,16,20-21H,4,13-14H2,1-3H3. The number of halogens is 1. The van der Waals surface area contributed by atoms with Crippen molar-refractivity contribution in [2.45, 2.75) is 57.0 Å². The van der Waals surface area contributed by atoms with Crippen LogP contribution in [-0.2, 0) is 10.0 Å². The van der Waals surface area contributed by atoms with E-state index in [9.17, 15) is 12.8 Å². The van der Waals surface area contributed by atoms with Crippen molar-refractivity contribution < 1.29 is 12.8 Å². The minimum atomic E-state index is -3.63. The van der Waals surface area contributed by atoms with Crippen molar-refractivity contribution in [1.29, 1.82) is 0 Å². The fourth-order valence-corrected chi connectivity index (χ4v) is 5.75. The van der Waals surface area contributed by atoms with Crippen LogP contribution in [0.2, 0.25) is 0 Å². The van der Waals surface area contributed by atoms with Crippen LogP contribution in [0.5, 0.6) is 0 Å². The molecule has 0 spiro atoms. The molecule has 0 aliphatic carbocycles. The second-order valence-corrected chi connectivity index (χ2v) is 9.09. The highest BCUT2D eigenvalue weighted by molar-refractivity contribution is 7.89. The quantitative estimate of drug-likeness (QED) is 0.731. The molecular formula is C21H26FNO2S. The molecule has 0 aromatic heterocycles. The van der Waals surface area contributed by atoms with Gasteiger partial charge in [-0.3, -0.25) is 0 Å². The van der Waals surface area contributed by atoms with Crippen LogP contribution < -0.4 is 0 Å². The molecule has 3 nitrogen and oxygen atoms in total.